The lowest BCUT2D eigenvalue weighted by Crippen LogP contribution is -2.62. The molecule has 0 amide bonds. The van der Waals surface area contributed by atoms with Crippen LogP contribution in [0.15, 0.2) is 42.6 Å². The van der Waals surface area contributed by atoms with Crippen LogP contribution in [0.4, 0.5) is 0 Å². The number of hydrogen-bond acceptors (Lipinski definition) is 4. The van der Waals surface area contributed by atoms with E-state index >= 15 is 0 Å². The van der Waals surface area contributed by atoms with Gasteiger partial charge < -0.3 is 14.7 Å². The Kier molecular flexibility index (Phi) is 3.85. The fourth-order valence-electron chi connectivity index (χ4n) is 6.90. The number of phenolic OH excluding ortho intramolecular Hbond substituents is 1. The molecule has 1 fully saturated rings. The van der Waals surface area contributed by atoms with E-state index in [0.717, 1.165) is 42.6 Å². The van der Waals surface area contributed by atoms with Crippen molar-refractivity contribution in [1.82, 2.24) is 9.88 Å². The molecule has 4 aliphatic rings. The predicted molar refractivity (Wildman–Crippen MR) is 125 cm³/mol. The SMILES string of the molecule is CN1CC[C@]23c4c5ccc(O)c4O[C@H]2c2ncc(-c4ccc(Cl)c(Cl)c4)cc2C[C@H]3[C@H]1C5. The molecule has 4 nitrogen and oxygen atoms in total. The molecule has 7 rings (SSSR count). The number of rotatable bonds is 1. The highest BCUT2D eigenvalue weighted by molar-refractivity contribution is 6.42. The van der Waals surface area contributed by atoms with Crippen molar-refractivity contribution in [1.29, 1.82) is 0 Å². The van der Waals surface area contributed by atoms with E-state index < -0.39 is 0 Å². The van der Waals surface area contributed by atoms with Crippen molar-refractivity contribution in [2.45, 2.75) is 36.8 Å². The van der Waals surface area contributed by atoms with Crippen molar-refractivity contribution in [2.75, 3.05) is 13.6 Å². The highest BCUT2D eigenvalue weighted by Crippen LogP contribution is 2.66. The van der Waals surface area contributed by atoms with Crippen LogP contribution in [0, 0.1) is 5.92 Å². The lowest BCUT2D eigenvalue weighted by Gasteiger charge is -2.57. The van der Waals surface area contributed by atoms with Gasteiger partial charge in [0.2, 0.25) is 0 Å². The number of halogens is 2. The van der Waals surface area contributed by atoms with Gasteiger partial charge in [-0.1, -0.05) is 35.3 Å². The second-order valence-electron chi connectivity index (χ2n) is 9.70. The Morgan fingerprint density at radius 2 is 1.94 bits per heavy atom. The molecule has 3 heterocycles. The Morgan fingerprint density at radius 3 is 2.78 bits per heavy atom. The number of nitrogens with zero attached hydrogens (tertiary/aromatic N) is 2. The van der Waals surface area contributed by atoms with Crippen molar-refractivity contribution in [3.8, 4) is 22.6 Å². The molecule has 1 aromatic heterocycles. The van der Waals surface area contributed by atoms with Crippen LogP contribution >= 0.6 is 23.2 Å². The highest BCUT2D eigenvalue weighted by Gasteiger charge is 2.64. The minimum Gasteiger partial charge on any atom is -0.504 e. The maximum atomic E-state index is 10.7. The van der Waals surface area contributed by atoms with Gasteiger partial charge in [0.25, 0.3) is 0 Å². The summed E-state index contributed by atoms with van der Waals surface area (Å²) >= 11 is 12.4. The molecule has 32 heavy (non-hydrogen) atoms. The molecule has 4 atom stereocenters. The molecule has 2 aliphatic carbocycles. The van der Waals surface area contributed by atoms with Crippen LogP contribution in [-0.4, -0.2) is 34.6 Å². The van der Waals surface area contributed by atoms with Gasteiger partial charge in [-0.15, -0.1) is 0 Å². The predicted octanol–water partition coefficient (Wildman–Crippen LogP) is 5.57. The van der Waals surface area contributed by atoms with Gasteiger partial charge in [0.1, 0.15) is 0 Å². The van der Waals surface area contributed by atoms with Crippen molar-refractivity contribution in [3.63, 3.8) is 0 Å². The molecule has 2 aromatic carbocycles. The third kappa shape index (κ3) is 2.30. The van der Waals surface area contributed by atoms with Crippen molar-refractivity contribution < 1.29 is 9.84 Å². The number of likely N-dealkylation sites (N-methyl/N-ethyl adjacent to an activating group) is 1. The van der Waals surface area contributed by atoms with E-state index in [0.29, 0.717) is 27.8 Å². The Bertz CT molecular complexity index is 1310. The summed E-state index contributed by atoms with van der Waals surface area (Å²) < 4.78 is 6.58. The summed E-state index contributed by atoms with van der Waals surface area (Å²) in [4.78, 5) is 7.47. The van der Waals surface area contributed by atoms with Gasteiger partial charge in [-0.25, -0.2) is 0 Å². The topological polar surface area (TPSA) is 45.6 Å². The van der Waals surface area contributed by atoms with Crippen LogP contribution in [-0.2, 0) is 18.3 Å². The van der Waals surface area contributed by atoms with Crippen molar-refractivity contribution >= 4 is 23.2 Å². The number of benzene rings is 2. The van der Waals surface area contributed by atoms with E-state index in [4.69, 9.17) is 32.9 Å². The number of hydrogen-bond donors (Lipinski definition) is 1. The molecule has 162 valence electrons. The monoisotopic (exact) mass is 464 g/mol. The van der Waals surface area contributed by atoms with E-state index in [1.165, 1.54) is 16.7 Å². The molecule has 0 unspecified atom stereocenters. The number of aromatic hydroxyl groups is 1. The van der Waals surface area contributed by atoms with Gasteiger partial charge in [0, 0.05) is 28.8 Å². The zero-order valence-corrected chi connectivity index (χ0v) is 19.1. The Labute approximate surface area is 196 Å². The maximum absolute atomic E-state index is 10.7. The number of likely N-dealkylation sites (tertiary alicyclic amines) is 1. The van der Waals surface area contributed by atoms with Gasteiger partial charge in [-0.2, -0.15) is 0 Å². The summed E-state index contributed by atoms with van der Waals surface area (Å²) in [7, 11) is 2.24. The molecule has 1 N–H and O–H groups in total. The Balaban J connectivity index is 1.42. The van der Waals surface area contributed by atoms with Crippen LogP contribution in [0.3, 0.4) is 0 Å². The largest absolute Gasteiger partial charge is 0.504 e. The van der Waals surface area contributed by atoms with Crippen LogP contribution in [0.25, 0.3) is 11.1 Å². The fourth-order valence-corrected chi connectivity index (χ4v) is 7.20. The average Bonchev–Trinajstić information content (AvgIpc) is 3.14. The first-order chi connectivity index (χ1) is 15.5. The van der Waals surface area contributed by atoms with E-state index in [2.05, 4.69) is 24.1 Å². The van der Waals surface area contributed by atoms with Gasteiger partial charge in [0.15, 0.2) is 17.6 Å². The molecule has 2 bridgehead atoms. The van der Waals surface area contributed by atoms with E-state index in [1.807, 2.05) is 24.4 Å². The van der Waals surface area contributed by atoms with E-state index in [1.54, 1.807) is 6.07 Å². The van der Waals surface area contributed by atoms with Gasteiger partial charge in [0.05, 0.1) is 15.7 Å². The maximum Gasteiger partial charge on any atom is 0.166 e. The van der Waals surface area contributed by atoms with Gasteiger partial charge >= 0.3 is 0 Å². The van der Waals surface area contributed by atoms with Gasteiger partial charge in [-0.05, 0) is 79.7 Å². The summed E-state index contributed by atoms with van der Waals surface area (Å²) in [5.41, 5.74) is 6.75. The molecule has 0 radical (unpaired) electrons. The van der Waals surface area contributed by atoms with Crippen LogP contribution in [0.1, 0.15) is 34.9 Å². The number of piperidine rings is 1. The molecule has 3 aromatic rings. The summed E-state index contributed by atoms with van der Waals surface area (Å²) in [6.45, 7) is 1.03. The third-order valence-corrected chi connectivity index (χ3v) is 9.07. The lowest BCUT2D eigenvalue weighted by atomic mass is 9.51. The van der Waals surface area contributed by atoms with Crippen LogP contribution in [0.2, 0.25) is 10.0 Å². The number of phenols is 1. The normalized spacial score (nSPS) is 29.3. The Morgan fingerprint density at radius 1 is 1.06 bits per heavy atom. The average molecular weight is 465 g/mol. The first kappa shape index (κ1) is 19.2. The first-order valence-corrected chi connectivity index (χ1v) is 11.9. The molecular weight excluding hydrogens is 443 g/mol. The smallest absolute Gasteiger partial charge is 0.166 e. The number of fused-ring (bicyclic) bond motifs is 2. The minimum atomic E-state index is -0.155. The molecule has 1 saturated heterocycles. The molecular formula is C26H22Cl2N2O2. The van der Waals surface area contributed by atoms with Crippen LogP contribution in [0.5, 0.6) is 11.5 Å². The summed E-state index contributed by atoms with van der Waals surface area (Å²) in [5.74, 6) is 1.36. The fraction of sp³-hybridized carbons (Fsp3) is 0.346. The number of ether oxygens (including phenoxy) is 1. The van der Waals surface area contributed by atoms with Crippen molar-refractivity contribution in [3.05, 3.63) is 75.0 Å². The van der Waals surface area contributed by atoms with Crippen molar-refractivity contribution in [2.24, 2.45) is 5.92 Å². The quantitative estimate of drug-likeness (QED) is 0.511. The molecule has 1 spiro atoms. The molecule has 2 aliphatic heterocycles. The molecule has 6 heteroatoms. The summed E-state index contributed by atoms with van der Waals surface area (Å²) in [6.07, 6.45) is 4.74. The van der Waals surface area contributed by atoms with Crippen LogP contribution < -0.4 is 4.74 Å². The lowest BCUT2D eigenvalue weighted by molar-refractivity contribution is -0.0260. The zero-order chi connectivity index (χ0) is 21.8. The third-order valence-electron chi connectivity index (χ3n) is 8.33. The number of pyridine rings is 1. The van der Waals surface area contributed by atoms with E-state index in [9.17, 15) is 5.11 Å². The van der Waals surface area contributed by atoms with E-state index in [-0.39, 0.29) is 17.3 Å². The Hall–Kier alpha value is -2.27. The second-order valence-corrected chi connectivity index (χ2v) is 10.5. The zero-order valence-electron chi connectivity index (χ0n) is 17.6. The molecule has 0 saturated carbocycles. The second kappa shape index (κ2) is 6.40. The first-order valence-electron chi connectivity index (χ1n) is 11.1. The van der Waals surface area contributed by atoms with Gasteiger partial charge in [-0.3, -0.25) is 4.98 Å². The standard InChI is InChI=1S/C26H22Cl2N2O2/c1-30-7-6-26-17-9-15-8-16(13-2-4-18(27)19(28)10-13)12-29-23(15)25(26)32-24-21(31)5-3-14(22(24)26)11-20(17)30/h2-5,8,10,12,17,20,25,31H,6-7,9,11H2,1H3/t17-,20+,25-,26-/m0/s1. The minimum absolute atomic E-state index is 0.107. The summed E-state index contributed by atoms with van der Waals surface area (Å²) in [6, 6.07) is 12.3. The number of aromatic nitrogens is 1. The summed E-state index contributed by atoms with van der Waals surface area (Å²) in [5, 5.41) is 11.8. The highest BCUT2D eigenvalue weighted by atomic mass is 35.5.